The zero-order valence-electron chi connectivity index (χ0n) is 14.2. The maximum Gasteiger partial charge on any atom is 0.129 e. The van der Waals surface area contributed by atoms with Gasteiger partial charge in [-0.1, -0.05) is 27.7 Å². The first-order valence-corrected chi connectivity index (χ1v) is 7.86. The van der Waals surface area contributed by atoms with Crippen LogP contribution in [0.25, 0.3) is 0 Å². The number of pyridine rings is 1. The van der Waals surface area contributed by atoms with Crippen LogP contribution in [0.15, 0.2) is 12.1 Å². The van der Waals surface area contributed by atoms with Crippen molar-refractivity contribution in [2.24, 2.45) is 0 Å². The highest BCUT2D eigenvalue weighted by molar-refractivity contribution is 5.44. The predicted molar refractivity (Wildman–Crippen MR) is 88.5 cm³/mol. The van der Waals surface area contributed by atoms with Gasteiger partial charge < -0.3 is 10.2 Å². The first kappa shape index (κ1) is 17.0. The van der Waals surface area contributed by atoms with E-state index in [2.05, 4.69) is 70.8 Å². The van der Waals surface area contributed by atoms with Crippen LogP contribution >= 0.6 is 0 Å². The monoisotopic (exact) mass is 277 g/mol. The van der Waals surface area contributed by atoms with Crippen LogP contribution in [0, 0.1) is 0 Å². The molecular weight excluding hydrogens is 246 g/mol. The van der Waals surface area contributed by atoms with Crippen LogP contribution < -0.4 is 10.2 Å². The van der Waals surface area contributed by atoms with Gasteiger partial charge in [-0.05, 0) is 44.4 Å². The molecule has 3 heteroatoms. The minimum Gasteiger partial charge on any atom is -0.354 e. The van der Waals surface area contributed by atoms with E-state index in [-0.39, 0.29) is 0 Å². The third-order valence-electron chi connectivity index (χ3n) is 3.46. The Hall–Kier alpha value is -1.09. The standard InChI is InChI=1S/C17H31N3/c1-8-20(14(6)7)17-10-15(11-18-13(4)5)9-16(19-17)12(2)3/h9-10,12-14,18H,8,11H2,1-7H3. The smallest absolute Gasteiger partial charge is 0.129 e. The Morgan fingerprint density at radius 2 is 1.75 bits per heavy atom. The third kappa shape index (κ3) is 4.78. The van der Waals surface area contributed by atoms with Crippen molar-refractivity contribution in [2.45, 2.75) is 73.0 Å². The molecule has 0 spiro atoms. The highest BCUT2D eigenvalue weighted by Crippen LogP contribution is 2.21. The Labute approximate surface area is 124 Å². The van der Waals surface area contributed by atoms with Crippen molar-refractivity contribution in [1.29, 1.82) is 0 Å². The first-order chi connectivity index (χ1) is 9.35. The lowest BCUT2D eigenvalue weighted by molar-refractivity contribution is 0.587. The van der Waals surface area contributed by atoms with Gasteiger partial charge in [0.2, 0.25) is 0 Å². The van der Waals surface area contributed by atoms with Crippen molar-refractivity contribution in [1.82, 2.24) is 10.3 Å². The lowest BCUT2D eigenvalue weighted by atomic mass is 10.1. The van der Waals surface area contributed by atoms with Gasteiger partial charge in [0.25, 0.3) is 0 Å². The molecule has 0 aliphatic rings. The average Bonchev–Trinajstić information content (AvgIpc) is 2.36. The summed E-state index contributed by atoms with van der Waals surface area (Å²) in [5.41, 5.74) is 2.51. The quantitative estimate of drug-likeness (QED) is 0.818. The Balaban J connectivity index is 3.09. The third-order valence-corrected chi connectivity index (χ3v) is 3.46. The number of anilines is 1. The van der Waals surface area contributed by atoms with Crippen molar-refractivity contribution in [3.8, 4) is 0 Å². The molecule has 0 saturated carbocycles. The van der Waals surface area contributed by atoms with E-state index in [0.29, 0.717) is 18.0 Å². The summed E-state index contributed by atoms with van der Waals surface area (Å²) in [7, 11) is 0. The summed E-state index contributed by atoms with van der Waals surface area (Å²) < 4.78 is 0. The summed E-state index contributed by atoms with van der Waals surface area (Å²) in [6, 6.07) is 5.44. The van der Waals surface area contributed by atoms with Gasteiger partial charge in [-0.15, -0.1) is 0 Å². The van der Waals surface area contributed by atoms with Gasteiger partial charge in [0.05, 0.1) is 0 Å². The normalized spacial score (nSPS) is 11.7. The Kier molecular flexibility index (Phi) is 6.47. The summed E-state index contributed by atoms with van der Waals surface area (Å²) in [4.78, 5) is 7.20. The maximum absolute atomic E-state index is 4.85. The molecule has 0 radical (unpaired) electrons. The first-order valence-electron chi connectivity index (χ1n) is 7.86. The zero-order chi connectivity index (χ0) is 15.3. The van der Waals surface area contributed by atoms with Crippen molar-refractivity contribution in [2.75, 3.05) is 11.4 Å². The molecule has 1 heterocycles. The molecule has 0 aliphatic carbocycles. The average molecular weight is 277 g/mol. The predicted octanol–water partition coefficient (Wildman–Crippen LogP) is 3.94. The van der Waals surface area contributed by atoms with Gasteiger partial charge in [0.15, 0.2) is 0 Å². The van der Waals surface area contributed by atoms with Gasteiger partial charge in [-0.25, -0.2) is 4.98 Å². The van der Waals surface area contributed by atoms with Crippen molar-refractivity contribution in [3.63, 3.8) is 0 Å². The molecule has 20 heavy (non-hydrogen) atoms. The molecule has 0 aliphatic heterocycles. The SMILES string of the molecule is CCN(c1cc(CNC(C)C)cc(C(C)C)n1)C(C)C. The molecule has 0 amide bonds. The van der Waals surface area contributed by atoms with Gasteiger partial charge in [-0.2, -0.15) is 0 Å². The second kappa shape index (κ2) is 7.63. The number of hydrogen-bond acceptors (Lipinski definition) is 3. The van der Waals surface area contributed by atoms with E-state index >= 15 is 0 Å². The van der Waals surface area contributed by atoms with Crippen LogP contribution in [-0.2, 0) is 6.54 Å². The molecule has 1 aromatic heterocycles. The highest BCUT2D eigenvalue weighted by Gasteiger charge is 2.13. The lowest BCUT2D eigenvalue weighted by Crippen LogP contribution is -2.31. The van der Waals surface area contributed by atoms with E-state index in [1.807, 2.05) is 0 Å². The fraction of sp³-hybridized carbons (Fsp3) is 0.706. The van der Waals surface area contributed by atoms with E-state index in [1.165, 1.54) is 11.3 Å². The fourth-order valence-corrected chi connectivity index (χ4v) is 2.25. The topological polar surface area (TPSA) is 28.2 Å². The van der Waals surface area contributed by atoms with Crippen LogP contribution in [0.2, 0.25) is 0 Å². The second-order valence-electron chi connectivity index (χ2n) is 6.33. The van der Waals surface area contributed by atoms with E-state index in [1.54, 1.807) is 0 Å². The minimum absolute atomic E-state index is 0.457. The molecule has 0 fully saturated rings. The lowest BCUT2D eigenvalue weighted by Gasteiger charge is -2.27. The number of hydrogen-bond donors (Lipinski definition) is 1. The molecule has 0 atom stereocenters. The van der Waals surface area contributed by atoms with Crippen molar-refractivity contribution in [3.05, 3.63) is 23.4 Å². The molecule has 1 rings (SSSR count). The molecule has 0 unspecified atom stereocenters. The maximum atomic E-state index is 4.85. The number of rotatable bonds is 7. The van der Waals surface area contributed by atoms with E-state index < -0.39 is 0 Å². The summed E-state index contributed by atoms with van der Waals surface area (Å²) in [6.45, 7) is 17.3. The fourth-order valence-electron chi connectivity index (χ4n) is 2.25. The summed E-state index contributed by atoms with van der Waals surface area (Å²) in [5, 5.41) is 3.50. The number of aromatic nitrogens is 1. The number of nitrogens with one attached hydrogen (secondary N) is 1. The summed E-state index contributed by atoms with van der Waals surface area (Å²) >= 11 is 0. The molecule has 0 saturated heterocycles. The van der Waals surface area contributed by atoms with Crippen LogP contribution in [0.4, 0.5) is 5.82 Å². The molecule has 1 aromatic rings. The molecular formula is C17H31N3. The largest absolute Gasteiger partial charge is 0.354 e. The highest BCUT2D eigenvalue weighted by atomic mass is 15.2. The number of nitrogens with zero attached hydrogens (tertiary/aromatic N) is 2. The Morgan fingerprint density at radius 1 is 1.10 bits per heavy atom. The van der Waals surface area contributed by atoms with Crippen LogP contribution in [0.5, 0.6) is 0 Å². The molecule has 3 nitrogen and oxygen atoms in total. The summed E-state index contributed by atoms with van der Waals surface area (Å²) in [5.74, 6) is 1.56. The summed E-state index contributed by atoms with van der Waals surface area (Å²) in [6.07, 6.45) is 0. The molecule has 1 N–H and O–H groups in total. The van der Waals surface area contributed by atoms with E-state index in [0.717, 1.165) is 18.9 Å². The molecule has 0 aromatic carbocycles. The molecule has 0 bridgehead atoms. The van der Waals surface area contributed by atoms with E-state index in [9.17, 15) is 0 Å². The van der Waals surface area contributed by atoms with Crippen LogP contribution in [0.3, 0.4) is 0 Å². The van der Waals surface area contributed by atoms with Gasteiger partial charge in [0, 0.05) is 30.9 Å². The van der Waals surface area contributed by atoms with Crippen LogP contribution in [0.1, 0.15) is 65.6 Å². The van der Waals surface area contributed by atoms with Crippen LogP contribution in [-0.4, -0.2) is 23.6 Å². The minimum atomic E-state index is 0.457. The Bertz CT molecular complexity index is 411. The van der Waals surface area contributed by atoms with Crippen molar-refractivity contribution >= 4 is 5.82 Å². The van der Waals surface area contributed by atoms with Gasteiger partial charge in [-0.3, -0.25) is 0 Å². The Morgan fingerprint density at radius 3 is 2.20 bits per heavy atom. The molecule has 114 valence electrons. The van der Waals surface area contributed by atoms with Gasteiger partial charge >= 0.3 is 0 Å². The van der Waals surface area contributed by atoms with E-state index in [4.69, 9.17) is 4.98 Å². The second-order valence-corrected chi connectivity index (χ2v) is 6.33. The zero-order valence-corrected chi connectivity index (χ0v) is 14.2. The van der Waals surface area contributed by atoms with Gasteiger partial charge in [0.1, 0.15) is 5.82 Å². The van der Waals surface area contributed by atoms with Crippen molar-refractivity contribution < 1.29 is 0 Å².